The van der Waals surface area contributed by atoms with Gasteiger partial charge in [0.25, 0.3) is 0 Å². The fourth-order valence-electron chi connectivity index (χ4n) is 1.86. The Morgan fingerprint density at radius 3 is 2.63 bits per heavy atom. The number of ketones is 1. The van der Waals surface area contributed by atoms with E-state index < -0.39 is 6.61 Å². The van der Waals surface area contributed by atoms with Gasteiger partial charge in [-0.3, -0.25) is 9.79 Å². The third-order valence-electron chi connectivity index (χ3n) is 3.30. The van der Waals surface area contributed by atoms with Gasteiger partial charge in [-0.05, 0) is 25.5 Å². The Kier molecular flexibility index (Phi) is 6.86. The Bertz CT molecular complexity index is 854. The van der Waals surface area contributed by atoms with Crippen molar-refractivity contribution in [3.8, 4) is 11.8 Å². The Morgan fingerprint density at radius 1 is 1.33 bits per heavy atom. The summed E-state index contributed by atoms with van der Waals surface area (Å²) in [6.45, 7) is 0.0407. The second-order valence-electron chi connectivity index (χ2n) is 5.31. The number of carbonyl (C=O) groups is 1. The Hall–Kier alpha value is -3.43. The van der Waals surface area contributed by atoms with Crippen LogP contribution in [0.4, 0.5) is 14.5 Å². The second kappa shape index (κ2) is 9.32. The lowest BCUT2D eigenvalue weighted by molar-refractivity contribution is -0.0502. The van der Waals surface area contributed by atoms with Crippen molar-refractivity contribution in [1.29, 1.82) is 0 Å². The van der Waals surface area contributed by atoms with Crippen LogP contribution in [0.25, 0.3) is 0 Å². The SMILES string of the molecule is CC(=O)c1cnc(OCC(C=Nc2ccc(C)c(OC(F)F)c2)=NN)nc1. The van der Waals surface area contributed by atoms with Crippen molar-refractivity contribution in [2.75, 3.05) is 6.61 Å². The van der Waals surface area contributed by atoms with Crippen LogP contribution in [0, 0.1) is 6.92 Å². The smallest absolute Gasteiger partial charge is 0.387 e. The summed E-state index contributed by atoms with van der Waals surface area (Å²) >= 11 is 0. The molecular formula is C17H17F2N5O3. The Labute approximate surface area is 153 Å². The van der Waals surface area contributed by atoms with E-state index in [-0.39, 0.29) is 29.9 Å². The van der Waals surface area contributed by atoms with Crippen molar-refractivity contribution in [2.45, 2.75) is 20.5 Å². The molecule has 0 saturated heterocycles. The molecule has 0 aliphatic carbocycles. The van der Waals surface area contributed by atoms with Gasteiger partial charge in [-0.15, -0.1) is 0 Å². The molecule has 0 bridgehead atoms. The molecule has 142 valence electrons. The van der Waals surface area contributed by atoms with Crippen LogP contribution in [0.3, 0.4) is 0 Å². The minimum atomic E-state index is -2.92. The summed E-state index contributed by atoms with van der Waals surface area (Å²) in [6.07, 6.45) is 4.00. The molecule has 0 aliphatic rings. The van der Waals surface area contributed by atoms with Crippen LogP contribution in [0.15, 0.2) is 40.7 Å². The second-order valence-corrected chi connectivity index (χ2v) is 5.31. The molecule has 1 aromatic heterocycles. The number of carbonyl (C=O) groups excluding carboxylic acids is 1. The average molecular weight is 377 g/mol. The predicted molar refractivity (Wildman–Crippen MR) is 95.1 cm³/mol. The third-order valence-corrected chi connectivity index (χ3v) is 3.30. The number of halogens is 2. The van der Waals surface area contributed by atoms with Crippen molar-refractivity contribution in [1.82, 2.24) is 9.97 Å². The maximum Gasteiger partial charge on any atom is 0.387 e. The molecule has 10 heteroatoms. The first-order chi connectivity index (χ1) is 12.9. The van der Waals surface area contributed by atoms with Gasteiger partial charge in [0.2, 0.25) is 0 Å². The zero-order valence-electron chi connectivity index (χ0n) is 14.6. The number of hydrogen-bond acceptors (Lipinski definition) is 8. The number of Topliss-reactive ketones (excluding diaryl/α,β-unsaturated/α-hetero) is 1. The predicted octanol–water partition coefficient (Wildman–Crippen LogP) is 2.69. The zero-order chi connectivity index (χ0) is 19.8. The number of aryl methyl sites for hydroxylation is 1. The minimum absolute atomic E-state index is 0.0288. The summed E-state index contributed by atoms with van der Waals surface area (Å²) in [7, 11) is 0. The van der Waals surface area contributed by atoms with E-state index in [0.717, 1.165) is 0 Å². The van der Waals surface area contributed by atoms with Crippen molar-refractivity contribution in [3.63, 3.8) is 0 Å². The molecule has 0 amide bonds. The molecule has 0 saturated carbocycles. The van der Waals surface area contributed by atoms with Crippen LogP contribution >= 0.6 is 0 Å². The fraction of sp³-hybridized carbons (Fsp3) is 0.235. The van der Waals surface area contributed by atoms with Crippen molar-refractivity contribution in [3.05, 3.63) is 41.7 Å². The molecule has 2 rings (SSSR count). The lowest BCUT2D eigenvalue weighted by Gasteiger charge is -2.08. The first-order valence-corrected chi connectivity index (χ1v) is 7.71. The number of ether oxygens (including phenoxy) is 2. The Morgan fingerprint density at radius 2 is 2.04 bits per heavy atom. The molecule has 8 nitrogen and oxygen atoms in total. The van der Waals surface area contributed by atoms with E-state index in [0.29, 0.717) is 16.8 Å². The monoisotopic (exact) mass is 377 g/mol. The van der Waals surface area contributed by atoms with Gasteiger partial charge < -0.3 is 15.3 Å². The van der Waals surface area contributed by atoms with Crippen molar-refractivity contribution < 1.29 is 23.0 Å². The van der Waals surface area contributed by atoms with Gasteiger partial charge in [-0.25, -0.2) is 9.97 Å². The van der Waals surface area contributed by atoms with Crippen molar-refractivity contribution in [2.24, 2.45) is 15.9 Å². The van der Waals surface area contributed by atoms with E-state index in [4.69, 9.17) is 10.6 Å². The lowest BCUT2D eigenvalue weighted by Crippen LogP contribution is -2.16. The average Bonchev–Trinajstić information content (AvgIpc) is 2.64. The molecule has 2 N–H and O–H groups in total. The number of alkyl halides is 2. The molecule has 27 heavy (non-hydrogen) atoms. The number of aliphatic imine (C=N–C) groups is 1. The number of rotatable bonds is 8. The van der Waals surface area contributed by atoms with E-state index in [1.54, 1.807) is 19.1 Å². The summed E-state index contributed by atoms with van der Waals surface area (Å²) in [4.78, 5) is 23.1. The summed E-state index contributed by atoms with van der Waals surface area (Å²) in [5.41, 5.74) is 1.54. The highest BCUT2D eigenvalue weighted by molar-refractivity contribution is 6.31. The van der Waals surface area contributed by atoms with Gasteiger partial charge in [-0.1, -0.05) is 6.07 Å². The molecule has 0 fully saturated rings. The highest BCUT2D eigenvalue weighted by Gasteiger charge is 2.08. The molecule has 0 aliphatic heterocycles. The molecular weight excluding hydrogens is 360 g/mol. The maximum atomic E-state index is 12.4. The molecule has 0 atom stereocenters. The van der Waals surface area contributed by atoms with E-state index in [1.807, 2.05) is 0 Å². The summed E-state index contributed by atoms with van der Waals surface area (Å²) in [5, 5.41) is 3.53. The van der Waals surface area contributed by atoms with Crippen LogP contribution in [0.1, 0.15) is 22.8 Å². The van der Waals surface area contributed by atoms with E-state index in [1.165, 1.54) is 31.6 Å². The fourth-order valence-corrected chi connectivity index (χ4v) is 1.86. The highest BCUT2D eigenvalue weighted by Crippen LogP contribution is 2.25. The van der Waals surface area contributed by atoms with Gasteiger partial charge in [0.15, 0.2) is 5.78 Å². The van der Waals surface area contributed by atoms with Crippen LogP contribution in [0.5, 0.6) is 11.8 Å². The molecule has 0 radical (unpaired) electrons. The normalized spacial score (nSPS) is 11.8. The number of aromatic nitrogens is 2. The van der Waals surface area contributed by atoms with Gasteiger partial charge >= 0.3 is 12.6 Å². The zero-order valence-corrected chi connectivity index (χ0v) is 14.6. The Balaban J connectivity index is 2.01. The van der Waals surface area contributed by atoms with Gasteiger partial charge in [-0.2, -0.15) is 13.9 Å². The molecule has 0 spiro atoms. The van der Waals surface area contributed by atoms with Gasteiger partial charge in [0, 0.05) is 18.5 Å². The van der Waals surface area contributed by atoms with E-state index in [2.05, 4.69) is 24.8 Å². The number of benzene rings is 1. The minimum Gasteiger partial charge on any atom is -0.457 e. The molecule has 0 unspecified atom stereocenters. The van der Waals surface area contributed by atoms with Crippen molar-refractivity contribution >= 4 is 23.4 Å². The number of hydrazone groups is 1. The molecule has 1 aromatic carbocycles. The van der Waals surface area contributed by atoms with Gasteiger partial charge in [0.05, 0.1) is 17.5 Å². The van der Waals surface area contributed by atoms with E-state index >= 15 is 0 Å². The number of nitrogens with two attached hydrogens (primary N) is 1. The summed E-state index contributed by atoms with van der Waals surface area (Å²) in [6, 6.07) is 4.64. The van der Waals surface area contributed by atoms with Crippen LogP contribution in [-0.2, 0) is 0 Å². The lowest BCUT2D eigenvalue weighted by atomic mass is 10.2. The van der Waals surface area contributed by atoms with Crippen LogP contribution in [0.2, 0.25) is 0 Å². The number of hydrogen-bond donors (Lipinski definition) is 1. The molecule has 1 heterocycles. The summed E-state index contributed by atoms with van der Waals surface area (Å²) in [5.74, 6) is 5.16. The quantitative estimate of drug-likeness (QED) is 0.328. The largest absolute Gasteiger partial charge is 0.457 e. The van der Waals surface area contributed by atoms with Gasteiger partial charge in [0.1, 0.15) is 18.1 Å². The first kappa shape index (κ1) is 19.9. The number of nitrogens with zero attached hydrogens (tertiary/aromatic N) is 4. The van der Waals surface area contributed by atoms with E-state index in [9.17, 15) is 13.6 Å². The highest BCUT2D eigenvalue weighted by atomic mass is 19.3. The van der Waals surface area contributed by atoms with Crippen LogP contribution in [-0.4, -0.2) is 40.9 Å². The topological polar surface area (TPSA) is 112 Å². The standard InChI is InChI=1S/C17H17F2N5O3/c1-10-3-4-13(5-15(10)27-16(18)19)21-8-14(24-20)9-26-17-22-6-12(7-23-17)11(2)25/h3-8,16H,9,20H2,1-2H3. The summed E-state index contributed by atoms with van der Waals surface area (Å²) < 4.78 is 34.5. The third kappa shape index (κ3) is 6.10. The first-order valence-electron chi connectivity index (χ1n) is 7.71. The molecule has 2 aromatic rings. The maximum absolute atomic E-state index is 12.4. The van der Waals surface area contributed by atoms with Crippen LogP contribution < -0.4 is 15.3 Å².